The summed E-state index contributed by atoms with van der Waals surface area (Å²) in [6, 6.07) is 9.00. The average molecular weight is 400 g/mol. The summed E-state index contributed by atoms with van der Waals surface area (Å²) in [7, 11) is 1.76. The van der Waals surface area contributed by atoms with Crippen molar-refractivity contribution in [2.45, 2.75) is 63.3 Å². The topological polar surface area (TPSA) is 53.6 Å². The lowest BCUT2D eigenvalue weighted by molar-refractivity contribution is 0.195. The summed E-state index contributed by atoms with van der Waals surface area (Å²) in [6.45, 7) is 4.10. The van der Waals surface area contributed by atoms with Gasteiger partial charge < -0.3 is 20.3 Å². The Bertz CT molecular complexity index is 666. The average Bonchev–Trinajstić information content (AvgIpc) is 3.30. The first kappa shape index (κ1) is 20.5. The lowest BCUT2D eigenvalue weighted by Crippen LogP contribution is -2.45. The smallest absolute Gasteiger partial charge is 0.317 e. The molecule has 1 aromatic rings. The van der Waals surface area contributed by atoms with Crippen molar-refractivity contribution >= 4 is 6.03 Å². The van der Waals surface area contributed by atoms with Gasteiger partial charge in [0, 0.05) is 19.1 Å². The van der Waals surface area contributed by atoms with Crippen LogP contribution in [0.25, 0.3) is 0 Å². The van der Waals surface area contributed by atoms with Gasteiger partial charge in [-0.1, -0.05) is 18.2 Å². The van der Waals surface area contributed by atoms with Crippen LogP contribution in [0.5, 0.6) is 5.75 Å². The lowest BCUT2D eigenvalue weighted by Gasteiger charge is -2.30. The van der Waals surface area contributed by atoms with Crippen LogP contribution in [-0.4, -0.2) is 50.3 Å². The summed E-state index contributed by atoms with van der Waals surface area (Å²) in [6.07, 6.45) is 9.64. The molecule has 2 saturated carbocycles. The Morgan fingerprint density at radius 1 is 1.14 bits per heavy atom. The Labute approximate surface area is 175 Å². The zero-order valence-corrected chi connectivity index (χ0v) is 17.9. The van der Waals surface area contributed by atoms with Crippen LogP contribution in [0.15, 0.2) is 24.3 Å². The first-order valence-corrected chi connectivity index (χ1v) is 11.6. The molecule has 5 heteroatoms. The first-order chi connectivity index (χ1) is 14.2. The van der Waals surface area contributed by atoms with Crippen molar-refractivity contribution in [1.82, 2.24) is 15.5 Å². The number of likely N-dealkylation sites (tertiary alicyclic amines) is 1. The Morgan fingerprint density at radius 3 is 2.66 bits per heavy atom. The molecule has 2 atom stereocenters. The number of hydrogen-bond acceptors (Lipinski definition) is 3. The molecule has 3 aliphatic rings. The summed E-state index contributed by atoms with van der Waals surface area (Å²) in [5.41, 5.74) is 1.37. The number of methoxy groups -OCH3 is 1. The highest BCUT2D eigenvalue weighted by molar-refractivity contribution is 5.74. The molecule has 0 spiro atoms. The zero-order valence-electron chi connectivity index (χ0n) is 17.9. The van der Waals surface area contributed by atoms with Crippen LogP contribution in [0.1, 0.15) is 62.8 Å². The Balaban J connectivity index is 1.08. The number of nitrogens with zero attached hydrogens (tertiary/aromatic N) is 1. The fourth-order valence-corrected chi connectivity index (χ4v) is 5.20. The van der Waals surface area contributed by atoms with Crippen molar-refractivity contribution in [3.05, 3.63) is 29.8 Å². The van der Waals surface area contributed by atoms with Crippen LogP contribution < -0.4 is 15.4 Å². The lowest BCUT2D eigenvalue weighted by atomic mass is 9.84. The number of nitrogens with one attached hydrogen (secondary N) is 2. The molecule has 1 heterocycles. The van der Waals surface area contributed by atoms with E-state index in [1.165, 1.54) is 31.2 Å². The highest BCUT2D eigenvalue weighted by Gasteiger charge is 2.39. The van der Waals surface area contributed by atoms with Crippen LogP contribution in [0.3, 0.4) is 0 Å². The zero-order chi connectivity index (χ0) is 20.1. The van der Waals surface area contributed by atoms with Gasteiger partial charge in [0.1, 0.15) is 5.75 Å². The molecule has 2 N–H and O–H groups in total. The predicted octanol–water partition coefficient (Wildman–Crippen LogP) is 4.14. The Kier molecular flexibility index (Phi) is 6.96. The number of urea groups is 1. The molecule has 1 saturated heterocycles. The van der Waals surface area contributed by atoms with Crippen molar-refractivity contribution in [3.63, 3.8) is 0 Å². The fraction of sp³-hybridized carbons (Fsp3) is 0.708. The Hall–Kier alpha value is -1.75. The van der Waals surface area contributed by atoms with E-state index in [0.717, 1.165) is 69.4 Å². The van der Waals surface area contributed by atoms with Gasteiger partial charge in [-0.2, -0.15) is 0 Å². The molecule has 1 aliphatic heterocycles. The number of carbonyl (C=O) groups excluding carboxylic acids is 1. The molecule has 160 valence electrons. The molecular formula is C24H37N3O2. The van der Waals surface area contributed by atoms with Crippen LogP contribution >= 0.6 is 0 Å². The number of para-hydroxylation sites is 1. The van der Waals surface area contributed by atoms with Gasteiger partial charge in [0.05, 0.1) is 7.11 Å². The minimum atomic E-state index is 0.168. The molecule has 1 aromatic carbocycles. The quantitative estimate of drug-likeness (QED) is 0.646. The van der Waals surface area contributed by atoms with Gasteiger partial charge in [-0.3, -0.25) is 0 Å². The number of rotatable bonds is 8. The molecule has 0 unspecified atom stereocenters. The van der Waals surface area contributed by atoms with Crippen LogP contribution in [0.4, 0.5) is 4.79 Å². The third kappa shape index (κ3) is 5.44. The molecular weight excluding hydrogens is 362 g/mol. The van der Waals surface area contributed by atoms with E-state index in [9.17, 15) is 4.79 Å². The van der Waals surface area contributed by atoms with Crippen molar-refractivity contribution < 1.29 is 9.53 Å². The summed E-state index contributed by atoms with van der Waals surface area (Å²) >= 11 is 0. The molecule has 2 amide bonds. The largest absolute Gasteiger partial charge is 0.496 e. The third-order valence-electron chi connectivity index (χ3n) is 7.16. The van der Waals surface area contributed by atoms with E-state index in [2.05, 4.69) is 28.8 Å². The summed E-state index contributed by atoms with van der Waals surface area (Å²) in [4.78, 5) is 14.2. The molecule has 0 aromatic heterocycles. The van der Waals surface area contributed by atoms with E-state index in [1.807, 2.05) is 11.0 Å². The van der Waals surface area contributed by atoms with Crippen molar-refractivity contribution in [2.24, 2.45) is 11.8 Å². The van der Waals surface area contributed by atoms with E-state index in [0.29, 0.717) is 12.0 Å². The normalized spacial score (nSPS) is 28.9. The van der Waals surface area contributed by atoms with Crippen LogP contribution in [0.2, 0.25) is 0 Å². The van der Waals surface area contributed by atoms with Gasteiger partial charge >= 0.3 is 6.03 Å². The standard InChI is InChI=1S/C24H37N3O2/c1-29-23-7-3-2-6-21(23)22-16-19(22)17-25-13-12-18-8-10-20(11-9-18)26-24(28)27-14-4-5-15-27/h2-3,6-7,18-20,22,25H,4-5,8-17H2,1H3,(H,26,28)/t18-,19-,20-,22+/m0/s1. The summed E-state index contributed by atoms with van der Waals surface area (Å²) < 4.78 is 5.51. The third-order valence-corrected chi connectivity index (χ3v) is 7.16. The van der Waals surface area contributed by atoms with Crippen molar-refractivity contribution in [2.75, 3.05) is 33.3 Å². The molecule has 2 aliphatic carbocycles. The fourth-order valence-electron chi connectivity index (χ4n) is 5.20. The molecule has 29 heavy (non-hydrogen) atoms. The van der Waals surface area contributed by atoms with Gasteiger partial charge in [0.2, 0.25) is 0 Å². The van der Waals surface area contributed by atoms with Crippen molar-refractivity contribution in [1.29, 1.82) is 0 Å². The van der Waals surface area contributed by atoms with E-state index in [4.69, 9.17) is 4.74 Å². The van der Waals surface area contributed by atoms with Gasteiger partial charge in [-0.15, -0.1) is 0 Å². The van der Waals surface area contributed by atoms with E-state index < -0.39 is 0 Å². The molecule has 3 fully saturated rings. The SMILES string of the molecule is COc1ccccc1[C@@H]1C[C@H]1CNCC[C@H]1CC[C@H](NC(=O)N2CCCC2)CC1. The molecule has 0 bridgehead atoms. The monoisotopic (exact) mass is 399 g/mol. The highest BCUT2D eigenvalue weighted by atomic mass is 16.5. The number of ether oxygens (including phenoxy) is 1. The second-order valence-corrected chi connectivity index (χ2v) is 9.20. The number of carbonyl (C=O) groups is 1. The van der Waals surface area contributed by atoms with Gasteiger partial charge in [0.25, 0.3) is 0 Å². The second kappa shape index (κ2) is 9.84. The minimum absolute atomic E-state index is 0.168. The minimum Gasteiger partial charge on any atom is -0.496 e. The molecule has 5 nitrogen and oxygen atoms in total. The maximum absolute atomic E-state index is 12.2. The second-order valence-electron chi connectivity index (χ2n) is 9.20. The van der Waals surface area contributed by atoms with E-state index in [1.54, 1.807) is 7.11 Å². The maximum Gasteiger partial charge on any atom is 0.317 e. The van der Waals surface area contributed by atoms with Crippen LogP contribution in [0, 0.1) is 11.8 Å². The number of hydrogen-bond donors (Lipinski definition) is 2. The first-order valence-electron chi connectivity index (χ1n) is 11.6. The highest BCUT2D eigenvalue weighted by Crippen LogP contribution is 2.49. The van der Waals surface area contributed by atoms with E-state index in [-0.39, 0.29) is 6.03 Å². The van der Waals surface area contributed by atoms with E-state index >= 15 is 0 Å². The van der Waals surface area contributed by atoms with Gasteiger partial charge in [0.15, 0.2) is 0 Å². The number of amides is 2. The maximum atomic E-state index is 12.2. The van der Waals surface area contributed by atoms with Crippen molar-refractivity contribution in [3.8, 4) is 5.75 Å². The van der Waals surface area contributed by atoms with Gasteiger partial charge in [-0.25, -0.2) is 4.79 Å². The summed E-state index contributed by atoms with van der Waals surface area (Å²) in [5, 5.41) is 6.96. The molecule has 4 rings (SSSR count). The van der Waals surface area contributed by atoms with Gasteiger partial charge in [-0.05, 0) is 93.8 Å². The van der Waals surface area contributed by atoms with Crippen LogP contribution in [-0.2, 0) is 0 Å². The number of benzene rings is 1. The predicted molar refractivity (Wildman–Crippen MR) is 116 cm³/mol. The molecule has 0 radical (unpaired) electrons. The Morgan fingerprint density at radius 2 is 1.90 bits per heavy atom. The summed E-state index contributed by atoms with van der Waals surface area (Å²) in [5.74, 6) is 3.26.